The van der Waals surface area contributed by atoms with Crippen LogP contribution in [-0.4, -0.2) is 30.8 Å². The first-order valence-corrected chi connectivity index (χ1v) is 8.66. The van der Waals surface area contributed by atoms with E-state index >= 15 is 0 Å². The fraction of sp³-hybridized carbons (Fsp3) is 0.833. The highest BCUT2D eigenvalue weighted by atomic mass is 16.5. The van der Waals surface area contributed by atoms with Crippen LogP contribution < -0.4 is 5.32 Å². The minimum atomic E-state index is -0.587. The fourth-order valence-corrected chi connectivity index (χ4v) is 3.45. The number of alkyl carbamates (subject to hydrolysis) is 1. The van der Waals surface area contributed by atoms with E-state index in [0.29, 0.717) is 18.8 Å². The van der Waals surface area contributed by atoms with E-state index in [9.17, 15) is 14.4 Å². The lowest BCUT2D eigenvalue weighted by atomic mass is 9.83. The highest BCUT2D eigenvalue weighted by Gasteiger charge is 2.36. The van der Waals surface area contributed by atoms with Crippen molar-refractivity contribution in [2.75, 3.05) is 7.11 Å². The number of ketones is 2. The zero-order valence-corrected chi connectivity index (χ0v) is 15.1. The van der Waals surface area contributed by atoms with Gasteiger partial charge in [0, 0.05) is 18.8 Å². The van der Waals surface area contributed by atoms with Crippen LogP contribution in [0.25, 0.3) is 0 Å². The van der Waals surface area contributed by atoms with Gasteiger partial charge in [-0.3, -0.25) is 9.59 Å². The normalized spacial score (nSPS) is 22.2. The van der Waals surface area contributed by atoms with Gasteiger partial charge in [-0.05, 0) is 30.6 Å². The molecule has 1 aliphatic rings. The third-order valence-corrected chi connectivity index (χ3v) is 4.62. The third-order valence-electron chi connectivity index (χ3n) is 4.62. The molecule has 0 aromatic heterocycles. The van der Waals surface area contributed by atoms with Gasteiger partial charge in [0.25, 0.3) is 0 Å². The number of nitrogens with one attached hydrogen (secondary N) is 1. The Morgan fingerprint density at radius 3 is 2.30 bits per heavy atom. The van der Waals surface area contributed by atoms with Crippen LogP contribution in [0.4, 0.5) is 4.79 Å². The number of methoxy groups -OCH3 is 1. The van der Waals surface area contributed by atoms with Gasteiger partial charge in [0.2, 0.25) is 0 Å². The molecule has 23 heavy (non-hydrogen) atoms. The first-order valence-electron chi connectivity index (χ1n) is 8.66. The molecule has 1 N–H and O–H groups in total. The Balaban J connectivity index is 2.69. The lowest BCUT2D eigenvalue weighted by Gasteiger charge is -2.24. The summed E-state index contributed by atoms with van der Waals surface area (Å²) in [6.45, 7) is 7.88. The number of amides is 1. The Morgan fingerprint density at radius 2 is 1.78 bits per heavy atom. The predicted molar refractivity (Wildman–Crippen MR) is 89.1 cm³/mol. The van der Waals surface area contributed by atoms with E-state index in [1.165, 1.54) is 7.11 Å². The molecule has 5 heteroatoms. The quantitative estimate of drug-likeness (QED) is 0.743. The summed E-state index contributed by atoms with van der Waals surface area (Å²) in [7, 11) is 1.29. The molecule has 0 aromatic carbocycles. The van der Waals surface area contributed by atoms with Crippen molar-refractivity contribution in [2.24, 2.45) is 23.7 Å². The van der Waals surface area contributed by atoms with Crippen LogP contribution in [0, 0.1) is 23.7 Å². The summed E-state index contributed by atoms with van der Waals surface area (Å²) in [5.41, 5.74) is 0. The zero-order chi connectivity index (χ0) is 17.6. The molecule has 1 saturated carbocycles. The minimum absolute atomic E-state index is 0.000327. The van der Waals surface area contributed by atoms with Crippen molar-refractivity contribution in [3.05, 3.63) is 0 Å². The van der Waals surface area contributed by atoms with Gasteiger partial charge in [-0.25, -0.2) is 4.79 Å². The van der Waals surface area contributed by atoms with Crippen LogP contribution >= 0.6 is 0 Å². The maximum Gasteiger partial charge on any atom is 0.407 e. The van der Waals surface area contributed by atoms with Crippen molar-refractivity contribution >= 4 is 17.7 Å². The number of carbonyl (C=O) groups excluding carboxylic acids is 3. The van der Waals surface area contributed by atoms with Crippen LogP contribution in [0.5, 0.6) is 0 Å². The molecule has 1 fully saturated rings. The number of hydrogen-bond acceptors (Lipinski definition) is 4. The monoisotopic (exact) mass is 325 g/mol. The molecule has 132 valence electrons. The summed E-state index contributed by atoms with van der Waals surface area (Å²) in [6, 6.07) is -0.552. The van der Waals surface area contributed by atoms with Crippen LogP contribution in [0.1, 0.15) is 59.8 Å². The largest absolute Gasteiger partial charge is 0.453 e. The second kappa shape index (κ2) is 9.04. The van der Waals surface area contributed by atoms with Gasteiger partial charge in [-0.1, -0.05) is 34.1 Å². The second-order valence-electron chi connectivity index (χ2n) is 7.39. The van der Waals surface area contributed by atoms with E-state index in [1.807, 2.05) is 27.7 Å². The first kappa shape index (κ1) is 19.7. The van der Waals surface area contributed by atoms with Crippen molar-refractivity contribution in [1.29, 1.82) is 0 Å². The van der Waals surface area contributed by atoms with E-state index in [1.54, 1.807) is 0 Å². The number of ether oxygens (including phenoxy) is 1. The molecule has 0 saturated heterocycles. The first-order chi connectivity index (χ1) is 10.8. The zero-order valence-electron chi connectivity index (χ0n) is 15.1. The number of carbonyl (C=O) groups is 3. The summed E-state index contributed by atoms with van der Waals surface area (Å²) in [5, 5.41) is 2.62. The average Bonchev–Trinajstić information content (AvgIpc) is 2.91. The molecule has 1 amide bonds. The van der Waals surface area contributed by atoms with Crippen molar-refractivity contribution in [1.82, 2.24) is 5.32 Å². The molecule has 0 unspecified atom stereocenters. The van der Waals surface area contributed by atoms with Crippen molar-refractivity contribution in [2.45, 2.75) is 65.8 Å². The summed E-state index contributed by atoms with van der Waals surface area (Å²) in [6.07, 6.45) is 3.17. The standard InChI is InChI=1S/C18H31NO4/c1-11(2)9-15(20)14-8-6-7-13(14)10-16(21)17(12(3)4)19-18(22)23-5/h11-14,17H,6-10H2,1-5H3,(H,19,22)/t13-,14+,17+/m1/s1. The lowest BCUT2D eigenvalue weighted by molar-refractivity contribution is -0.126. The molecule has 5 nitrogen and oxygen atoms in total. The van der Waals surface area contributed by atoms with E-state index in [4.69, 9.17) is 0 Å². The van der Waals surface area contributed by atoms with Crippen LogP contribution in [0.15, 0.2) is 0 Å². The summed E-state index contributed by atoms with van der Waals surface area (Å²) < 4.78 is 4.60. The smallest absolute Gasteiger partial charge is 0.407 e. The van der Waals surface area contributed by atoms with Gasteiger partial charge in [-0.2, -0.15) is 0 Å². The van der Waals surface area contributed by atoms with Crippen LogP contribution in [0.2, 0.25) is 0 Å². The van der Waals surface area contributed by atoms with Crippen molar-refractivity contribution in [3.8, 4) is 0 Å². The van der Waals surface area contributed by atoms with E-state index in [-0.39, 0.29) is 29.3 Å². The molecular weight excluding hydrogens is 294 g/mol. The lowest BCUT2D eigenvalue weighted by Crippen LogP contribution is -2.45. The number of rotatable bonds is 8. The molecule has 0 aromatic rings. The highest BCUT2D eigenvalue weighted by molar-refractivity contribution is 5.89. The molecule has 0 radical (unpaired) electrons. The maximum atomic E-state index is 12.6. The van der Waals surface area contributed by atoms with Crippen LogP contribution in [-0.2, 0) is 14.3 Å². The second-order valence-corrected chi connectivity index (χ2v) is 7.39. The van der Waals surface area contributed by atoms with Gasteiger partial charge in [0.1, 0.15) is 5.78 Å². The summed E-state index contributed by atoms with van der Waals surface area (Å²) in [4.78, 5) is 36.4. The maximum absolute atomic E-state index is 12.6. The Morgan fingerprint density at radius 1 is 1.13 bits per heavy atom. The molecule has 1 rings (SSSR count). The van der Waals surface area contributed by atoms with Gasteiger partial charge in [0.05, 0.1) is 13.2 Å². The minimum Gasteiger partial charge on any atom is -0.453 e. The van der Waals surface area contributed by atoms with Crippen molar-refractivity contribution < 1.29 is 19.1 Å². The number of Topliss-reactive ketones (excluding diaryl/α,β-unsaturated/α-hetero) is 2. The highest BCUT2D eigenvalue weighted by Crippen LogP contribution is 2.36. The fourth-order valence-electron chi connectivity index (χ4n) is 3.45. The summed E-state index contributed by atoms with van der Waals surface area (Å²) in [5.74, 6) is 0.760. The Hall–Kier alpha value is -1.39. The predicted octanol–water partition coefficient (Wildman–Crippen LogP) is 3.36. The van der Waals surface area contributed by atoms with Gasteiger partial charge < -0.3 is 10.1 Å². The SMILES string of the molecule is COC(=O)N[C@H](C(=O)C[C@H]1CCC[C@@H]1C(=O)CC(C)C)C(C)C. The van der Waals surface area contributed by atoms with E-state index < -0.39 is 12.1 Å². The Bertz CT molecular complexity index is 431. The molecule has 0 aliphatic heterocycles. The molecular formula is C18H31NO4. The van der Waals surface area contributed by atoms with Gasteiger partial charge in [0.15, 0.2) is 5.78 Å². The van der Waals surface area contributed by atoms with Gasteiger partial charge >= 0.3 is 6.09 Å². The summed E-state index contributed by atoms with van der Waals surface area (Å²) >= 11 is 0. The van der Waals surface area contributed by atoms with Crippen LogP contribution in [0.3, 0.4) is 0 Å². The molecule has 0 spiro atoms. The number of hydrogen-bond donors (Lipinski definition) is 1. The molecule has 1 aliphatic carbocycles. The Labute approximate surface area is 139 Å². The molecule has 0 heterocycles. The van der Waals surface area contributed by atoms with E-state index in [0.717, 1.165) is 19.3 Å². The molecule has 3 atom stereocenters. The average molecular weight is 325 g/mol. The Kier molecular flexibility index (Phi) is 7.73. The van der Waals surface area contributed by atoms with E-state index in [2.05, 4.69) is 10.1 Å². The van der Waals surface area contributed by atoms with Crippen molar-refractivity contribution in [3.63, 3.8) is 0 Å². The third kappa shape index (κ3) is 5.96. The van der Waals surface area contributed by atoms with Gasteiger partial charge in [-0.15, -0.1) is 0 Å². The topological polar surface area (TPSA) is 72.5 Å². The molecule has 0 bridgehead atoms.